The average molecular weight is 193 g/mol. The van der Waals surface area contributed by atoms with Crippen LogP contribution < -0.4 is 5.73 Å². The minimum Gasteiger partial charge on any atom is -0.496 e. The highest BCUT2D eigenvalue weighted by molar-refractivity contribution is 5.18. The van der Waals surface area contributed by atoms with Gasteiger partial charge in [-0.15, -0.1) is 0 Å². The fraction of sp³-hybridized carbons (Fsp3) is 0.500. The minimum atomic E-state index is -0.178. The fourth-order valence-corrected chi connectivity index (χ4v) is 1.63. The Hall–Kier alpha value is -1.29. The quantitative estimate of drug-likeness (QED) is 0.765. The van der Waals surface area contributed by atoms with E-state index in [2.05, 4.69) is 11.2 Å². The number of ether oxygens (including phenoxy) is 1. The molecular formula is C10H15N3O. The molecule has 2 heterocycles. The zero-order valence-electron chi connectivity index (χ0n) is 8.31. The van der Waals surface area contributed by atoms with Crippen molar-refractivity contribution in [3.8, 4) is 0 Å². The highest BCUT2D eigenvalue weighted by atomic mass is 16.5. The molecular weight excluding hydrogens is 178 g/mol. The summed E-state index contributed by atoms with van der Waals surface area (Å²) in [4.78, 5) is 0. The zero-order chi connectivity index (χ0) is 9.97. The fourth-order valence-electron chi connectivity index (χ4n) is 1.63. The van der Waals surface area contributed by atoms with Crippen LogP contribution in [0.15, 0.2) is 24.1 Å². The maximum absolute atomic E-state index is 6.06. The SMILES string of the molecule is Cn1nccc1C(N)C1=CCCCO1. The van der Waals surface area contributed by atoms with Crippen LogP contribution in [-0.2, 0) is 11.8 Å². The Morgan fingerprint density at radius 2 is 2.50 bits per heavy atom. The van der Waals surface area contributed by atoms with Crippen LogP contribution in [0.4, 0.5) is 0 Å². The van der Waals surface area contributed by atoms with Crippen LogP contribution in [0.1, 0.15) is 24.6 Å². The summed E-state index contributed by atoms with van der Waals surface area (Å²) >= 11 is 0. The number of aromatic nitrogens is 2. The molecule has 0 saturated carbocycles. The minimum absolute atomic E-state index is 0.178. The van der Waals surface area contributed by atoms with Crippen LogP contribution >= 0.6 is 0 Å². The van der Waals surface area contributed by atoms with E-state index in [4.69, 9.17) is 10.5 Å². The number of nitrogens with zero attached hydrogens (tertiary/aromatic N) is 2. The summed E-state index contributed by atoms with van der Waals surface area (Å²) in [5.74, 6) is 0.875. The van der Waals surface area contributed by atoms with E-state index in [1.165, 1.54) is 0 Å². The van der Waals surface area contributed by atoms with Crippen molar-refractivity contribution in [3.05, 3.63) is 29.8 Å². The van der Waals surface area contributed by atoms with Crippen molar-refractivity contribution in [2.45, 2.75) is 18.9 Å². The standard InChI is InChI=1S/C10H15N3O/c1-13-8(5-6-12-13)10(11)9-4-2-3-7-14-9/h4-6,10H,2-3,7,11H2,1H3. The lowest BCUT2D eigenvalue weighted by Gasteiger charge is -2.20. The first kappa shape index (κ1) is 9.27. The third-order valence-corrected chi connectivity index (χ3v) is 2.45. The molecule has 0 amide bonds. The Balaban J connectivity index is 2.19. The van der Waals surface area contributed by atoms with Gasteiger partial charge in [0.05, 0.1) is 12.3 Å². The lowest BCUT2D eigenvalue weighted by Crippen LogP contribution is -2.20. The molecule has 4 nitrogen and oxygen atoms in total. The molecule has 0 saturated heterocycles. The molecule has 0 bridgehead atoms. The second-order valence-corrected chi connectivity index (χ2v) is 3.45. The van der Waals surface area contributed by atoms with Gasteiger partial charge >= 0.3 is 0 Å². The van der Waals surface area contributed by atoms with Crippen LogP contribution in [0.3, 0.4) is 0 Å². The van der Waals surface area contributed by atoms with Crippen LogP contribution in [0.5, 0.6) is 0 Å². The maximum Gasteiger partial charge on any atom is 0.115 e. The number of aryl methyl sites for hydroxylation is 1. The van der Waals surface area contributed by atoms with E-state index >= 15 is 0 Å². The molecule has 1 atom stereocenters. The summed E-state index contributed by atoms with van der Waals surface area (Å²) in [6, 6.07) is 1.74. The lowest BCUT2D eigenvalue weighted by molar-refractivity contribution is 0.174. The molecule has 0 fully saturated rings. The molecule has 0 radical (unpaired) electrons. The van der Waals surface area contributed by atoms with Gasteiger partial charge in [0.2, 0.25) is 0 Å². The molecule has 1 aromatic rings. The van der Waals surface area contributed by atoms with Crippen LogP contribution in [0.2, 0.25) is 0 Å². The van der Waals surface area contributed by atoms with Crippen molar-refractivity contribution in [3.63, 3.8) is 0 Å². The van der Waals surface area contributed by atoms with Crippen molar-refractivity contribution in [1.29, 1.82) is 0 Å². The zero-order valence-corrected chi connectivity index (χ0v) is 8.31. The van der Waals surface area contributed by atoms with E-state index in [0.717, 1.165) is 30.9 Å². The summed E-state index contributed by atoms with van der Waals surface area (Å²) in [6.07, 6.45) is 5.96. The third-order valence-electron chi connectivity index (χ3n) is 2.45. The molecule has 1 aromatic heterocycles. The summed E-state index contributed by atoms with van der Waals surface area (Å²) in [6.45, 7) is 0.775. The van der Waals surface area contributed by atoms with Gasteiger partial charge in [-0.1, -0.05) is 0 Å². The highest BCUT2D eigenvalue weighted by Crippen LogP contribution is 2.22. The summed E-state index contributed by atoms with van der Waals surface area (Å²) in [5, 5.41) is 4.09. The highest BCUT2D eigenvalue weighted by Gasteiger charge is 2.17. The number of allylic oxidation sites excluding steroid dienone is 1. The van der Waals surface area contributed by atoms with Crippen molar-refractivity contribution in [1.82, 2.24) is 9.78 Å². The maximum atomic E-state index is 6.06. The molecule has 1 aliphatic heterocycles. The molecule has 1 aliphatic rings. The summed E-state index contributed by atoms with van der Waals surface area (Å²) in [7, 11) is 1.89. The summed E-state index contributed by atoms with van der Waals surface area (Å²) < 4.78 is 7.29. The van der Waals surface area contributed by atoms with Gasteiger partial charge in [0.15, 0.2) is 0 Å². The van der Waals surface area contributed by atoms with Gasteiger partial charge in [0.1, 0.15) is 11.8 Å². The normalized spacial score (nSPS) is 18.6. The Labute approximate surface area is 83.4 Å². The molecule has 0 spiro atoms. The largest absolute Gasteiger partial charge is 0.496 e. The number of hydrogen-bond donors (Lipinski definition) is 1. The van der Waals surface area contributed by atoms with E-state index in [1.807, 2.05) is 13.1 Å². The van der Waals surface area contributed by atoms with E-state index in [9.17, 15) is 0 Å². The number of nitrogens with two attached hydrogens (primary N) is 1. The van der Waals surface area contributed by atoms with Crippen LogP contribution in [0, 0.1) is 0 Å². The van der Waals surface area contributed by atoms with Crippen molar-refractivity contribution >= 4 is 0 Å². The van der Waals surface area contributed by atoms with E-state index in [1.54, 1.807) is 10.9 Å². The van der Waals surface area contributed by atoms with Crippen LogP contribution in [0.25, 0.3) is 0 Å². The first-order chi connectivity index (χ1) is 6.79. The molecule has 1 unspecified atom stereocenters. The molecule has 0 aromatic carbocycles. The van der Waals surface area contributed by atoms with Gasteiger partial charge in [0.25, 0.3) is 0 Å². The smallest absolute Gasteiger partial charge is 0.115 e. The van der Waals surface area contributed by atoms with Gasteiger partial charge < -0.3 is 10.5 Å². The van der Waals surface area contributed by atoms with Crippen molar-refractivity contribution in [2.24, 2.45) is 12.8 Å². The van der Waals surface area contributed by atoms with E-state index in [0.29, 0.717) is 0 Å². The summed E-state index contributed by atoms with van der Waals surface area (Å²) in [5.41, 5.74) is 7.05. The van der Waals surface area contributed by atoms with Crippen molar-refractivity contribution < 1.29 is 4.74 Å². The average Bonchev–Trinajstić information content (AvgIpc) is 2.65. The van der Waals surface area contributed by atoms with Gasteiger partial charge in [-0.3, -0.25) is 4.68 Å². The third kappa shape index (κ3) is 1.65. The molecule has 76 valence electrons. The predicted octanol–water partition coefficient (Wildman–Crippen LogP) is 1.11. The molecule has 2 rings (SSSR count). The Morgan fingerprint density at radius 3 is 3.07 bits per heavy atom. The number of rotatable bonds is 2. The van der Waals surface area contributed by atoms with Gasteiger partial charge in [-0.05, 0) is 25.0 Å². The first-order valence-electron chi connectivity index (χ1n) is 4.85. The Kier molecular flexibility index (Phi) is 2.54. The lowest BCUT2D eigenvalue weighted by atomic mass is 10.1. The van der Waals surface area contributed by atoms with Gasteiger partial charge in [0, 0.05) is 13.2 Å². The van der Waals surface area contributed by atoms with Crippen molar-refractivity contribution in [2.75, 3.05) is 6.61 Å². The second kappa shape index (κ2) is 3.84. The van der Waals surface area contributed by atoms with Crippen LogP contribution in [-0.4, -0.2) is 16.4 Å². The first-order valence-corrected chi connectivity index (χ1v) is 4.85. The van der Waals surface area contributed by atoms with E-state index < -0.39 is 0 Å². The molecule has 14 heavy (non-hydrogen) atoms. The van der Waals surface area contributed by atoms with Gasteiger partial charge in [-0.25, -0.2) is 0 Å². The molecule has 2 N–H and O–H groups in total. The Morgan fingerprint density at radius 1 is 1.64 bits per heavy atom. The van der Waals surface area contributed by atoms with Gasteiger partial charge in [-0.2, -0.15) is 5.10 Å². The predicted molar refractivity (Wildman–Crippen MR) is 53.4 cm³/mol. The Bertz CT molecular complexity index is 343. The topological polar surface area (TPSA) is 53.1 Å². The molecule has 0 aliphatic carbocycles. The number of hydrogen-bond acceptors (Lipinski definition) is 3. The molecule has 4 heteroatoms. The van der Waals surface area contributed by atoms with E-state index in [-0.39, 0.29) is 6.04 Å². The monoisotopic (exact) mass is 193 g/mol. The second-order valence-electron chi connectivity index (χ2n) is 3.45.